The van der Waals surface area contributed by atoms with Gasteiger partial charge in [0, 0.05) is 19.7 Å². The molecule has 1 rings (SSSR count). The number of aromatic nitrogens is 2. The Morgan fingerprint density at radius 1 is 1.50 bits per heavy atom. The van der Waals surface area contributed by atoms with Gasteiger partial charge in [0.2, 0.25) is 0 Å². The molecule has 0 fully saturated rings. The van der Waals surface area contributed by atoms with E-state index in [0.717, 1.165) is 0 Å². The molecule has 0 bridgehead atoms. The fourth-order valence-electron chi connectivity index (χ4n) is 1.13. The number of carboxylic acids is 1. The molecule has 0 aliphatic rings. The molecule has 1 aromatic rings. The van der Waals surface area contributed by atoms with Crippen LogP contribution in [0.3, 0.4) is 0 Å². The second kappa shape index (κ2) is 5.29. The summed E-state index contributed by atoms with van der Waals surface area (Å²) in [6.07, 6.45) is 0. The molecule has 0 saturated heterocycles. The molecule has 0 radical (unpaired) electrons. The van der Waals surface area contributed by atoms with Crippen molar-refractivity contribution in [3.05, 3.63) is 11.9 Å². The first kappa shape index (κ1) is 12.2. The van der Waals surface area contributed by atoms with E-state index < -0.39 is 11.9 Å². The van der Waals surface area contributed by atoms with Crippen LogP contribution in [-0.4, -0.2) is 34.6 Å². The smallest absolute Gasteiger partial charge is 0.308 e. The minimum absolute atomic E-state index is 0.342. The maximum Gasteiger partial charge on any atom is 0.308 e. The molecule has 88 valence electrons. The number of carbonyl (C=O) groups is 1. The highest BCUT2D eigenvalue weighted by molar-refractivity contribution is 5.70. The number of nitrogens with zero attached hydrogens (tertiary/aromatic N) is 2. The molecule has 1 atom stereocenters. The average molecular weight is 224 g/mol. The first-order chi connectivity index (χ1) is 7.52. The highest BCUT2D eigenvalue weighted by Gasteiger charge is 2.10. The van der Waals surface area contributed by atoms with Crippen molar-refractivity contribution in [2.24, 2.45) is 5.92 Å². The zero-order valence-electron chi connectivity index (χ0n) is 9.61. The lowest BCUT2D eigenvalue weighted by Crippen LogP contribution is -2.20. The summed E-state index contributed by atoms with van der Waals surface area (Å²) in [6.45, 7) is 3.77. The topological polar surface area (TPSA) is 87.1 Å². The van der Waals surface area contributed by atoms with E-state index in [1.807, 2.05) is 0 Å². The fraction of sp³-hybridized carbons (Fsp3) is 0.500. The van der Waals surface area contributed by atoms with Crippen LogP contribution in [0.1, 0.15) is 12.7 Å². The van der Waals surface area contributed by atoms with Gasteiger partial charge >= 0.3 is 5.97 Å². The van der Waals surface area contributed by atoms with Gasteiger partial charge in [0.1, 0.15) is 17.5 Å². The fourth-order valence-corrected chi connectivity index (χ4v) is 1.13. The summed E-state index contributed by atoms with van der Waals surface area (Å²) in [5.74, 6) is 0.695. The van der Waals surface area contributed by atoms with Gasteiger partial charge in [-0.1, -0.05) is 6.92 Å². The highest BCUT2D eigenvalue weighted by Crippen LogP contribution is 2.10. The number of hydrogen-bond donors (Lipinski definition) is 3. The summed E-state index contributed by atoms with van der Waals surface area (Å²) < 4.78 is 0. The molecular formula is C10H16N4O2. The molecule has 0 aromatic carbocycles. The number of nitrogens with one attached hydrogen (secondary N) is 2. The molecule has 6 nitrogen and oxygen atoms in total. The minimum atomic E-state index is -0.827. The summed E-state index contributed by atoms with van der Waals surface area (Å²) in [7, 11) is 1.77. The van der Waals surface area contributed by atoms with Crippen molar-refractivity contribution >= 4 is 17.6 Å². The van der Waals surface area contributed by atoms with Gasteiger partial charge in [-0.25, -0.2) is 9.97 Å². The number of aliphatic carboxylic acids is 1. The van der Waals surface area contributed by atoms with Crippen LogP contribution in [0.2, 0.25) is 0 Å². The van der Waals surface area contributed by atoms with Gasteiger partial charge in [-0.2, -0.15) is 0 Å². The molecule has 6 heteroatoms. The Balaban J connectivity index is 2.66. The van der Waals surface area contributed by atoms with E-state index in [2.05, 4.69) is 20.6 Å². The van der Waals surface area contributed by atoms with Gasteiger partial charge < -0.3 is 15.7 Å². The van der Waals surface area contributed by atoms with Crippen molar-refractivity contribution in [2.75, 3.05) is 24.2 Å². The Bertz CT molecular complexity index is 381. The van der Waals surface area contributed by atoms with Crippen LogP contribution in [0.5, 0.6) is 0 Å². The number of carboxylic acid groups (broad SMARTS) is 1. The normalized spacial score (nSPS) is 11.9. The average Bonchev–Trinajstić information content (AvgIpc) is 2.24. The van der Waals surface area contributed by atoms with Crippen LogP contribution in [0.4, 0.5) is 11.6 Å². The van der Waals surface area contributed by atoms with Crippen LogP contribution in [0, 0.1) is 12.8 Å². The van der Waals surface area contributed by atoms with Crippen molar-refractivity contribution < 1.29 is 9.90 Å². The monoisotopic (exact) mass is 224 g/mol. The molecule has 0 spiro atoms. The number of hydrogen-bond acceptors (Lipinski definition) is 5. The van der Waals surface area contributed by atoms with E-state index >= 15 is 0 Å². The van der Waals surface area contributed by atoms with Gasteiger partial charge in [-0.05, 0) is 6.92 Å². The van der Waals surface area contributed by atoms with E-state index in [4.69, 9.17) is 5.11 Å². The molecule has 1 aromatic heterocycles. The highest BCUT2D eigenvalue weighted by atomic mass is 16.4. The number of anilines is 2. The molecular weight excluding hydrogens is 208 g/mol. The molecule has 1 heterocycles. The number of rotatable bonds is 5. The Morgan fingerprint density at radius 2 is 2.12 bits per heavy atom. The lowest BCUT2D eigenvalue weighted by molar-refractivity contribution is -0.140. The van der Waals surface area contributed by atoms with Crippen molar-refractivity contribution in [3.63, 3.8) is 0 Å². The summed E-state index contributed by atoms with van der Waals surface area (Å²) in [4.78, 5) is 18.9. The summed E-state index contributed by atoms with van der Waals surface area (Å²) in [6, 6.07) is 1.74. The lowest BCUT2D eigenvalue weighted by Gasteiger charge is -2.10. The van der Waals surface area contributed by atoms with Crippen molar-refractivity contribution in [3.8, 4) is 0 Å². The van der Waals surface area contributed by atoms with Crippen LogP contribution >= 0.6 is 0 Å². The molecule has 0 aliphatic carbocycles. The Morgan fingerprint density at radius 3 is 2.69 bits per heavy atom. The van der Waals surface area contributed by atoms with Crippen molar-refractivity contribution in [1.82, 2.24) is 9.97 Å². The maximum absolute atomic E-state index is 10.6. The summed E-state index contributed by atoms with van der Waals surface area (Å²) in [5.41, 5.74) is 0. The first-order valence-corrected chi connectivity index (χ1v) is 5.03. The maximum atomic E-state index is 10.6. The Kier molecular flexibility index (Phi) is 4.04. The zero-order valence-corrected chi connectivity index (χ0v) is 9.61. The van der Waals surface area contributed by atoms with Crippen molar-refractivity contribution in [2.45, 2.75) is 13.8 Å². The number of aryl methyl sites for hydroxylation is 1. The van der Waals surface area contributed by atoms with Crippen molar-refractivity contribution in [1.29, 1.82) is 0 Å². The van der Waals surface area contributed by atoms with Crippen LogP contribution in [0.25, 0.3) is 0 Å². The minimum Gasteiger partial charge on any atom is -0.481 e. The summed E-state index contributed by atoms with van der Waals surface area (Å²) in [5, 5.41) is 14.6. The quantitative estimate of drug-likeness (QED) is 0.690. The lowest BCUT2D eigenvalue weighted by atomic mass is 10.2. The van der Waals surface area contributed by atoms with Gasteiger partial charge in [0.05, 0.1) is 5.92 Å². The third-order valence-electron chi connectivity index (χ3n) is 2.11. The summed E-state index contributed by atoms with van der Waals surface area (Å²) >= 11 is 0. The van der Waals surface area contributed by atoms with Crippen LogP contribution < -0.4 is 10.6 Å². The van der Waals surface area contributed by atoms with Gasteiger partial charge in [0.25, 0.3) is 0 Å². The largest absolute Gasteiger partial charge is 0.481 e. The van der Waals surface area contributed by atoms with E-state index in [0.29, 0.717) is 24.0 Å². The molecule has 0 aliphatic heterocycles. The second-order valence-electron chi connectivity index (χ2n) is 3.56. The molecule has 1 unspecified atom stereocenters. The predicted octanol–water partition coefficient (Wildman–Crippen LogP) is 0.959. The third kappa shape index (κ3) is 3.38. The van der Waals surface area contributed by atoms with Gasteiger partial charge in [0.15, 0.2) is 0 Å². The first-order valence-electron chi connectivity index (χ1n) is 5.03. The Hall–Kier alpha value is -1.85. The molecule has 0 saturated carbocycles. The predicted molar refractivity (Wildman–Crippen MR) is 61.6 cm³/mol. The standard InChI is InChI=1S/C10H16N4O2/c1-6(10(15)16)5-12-9-4-8(11-3)13-7(2)14-9/h4,6H,5H2,1-3H3,(H,15,16)(H2,11,12,13,14). The van der Waals surface area contributed by atoms with Crippen LogP contribution in [-0.2, 0) is 4.79 Å². The van der Waals surface area contributed by atoms with E-state index in [1.165, 1.54) is 0 Å². The Labute approximate surface area is 94.1 Å². The van der Waals surface area contributed by atoms with E-state index in [-0.39, 0.29) is 0 Å². The molecule has 0 amide bonds. The SMILES string of the molecule is CNc1cc(NCC(C)C(=O)O)nc(C)n1. The molecule has 16 heavy (non-hydrogen) atoms. The molecule has 3 N–H and O–H groups in total. The van der Waals surface area contributed by atoms with E-state index in [9.17, 15) is 4.79 Å². The van der Waals surface area contributed by atoms with Crippen LogP contribution in [0.15, 0.2) is 6.07 Å². The second-order valence-corrected chi connectivity index (χ2v) is 3.56. The third-order valence-corrected chi connectivity index (χ3v) is 2.11. The van der Waals surface area contributed by atoms with Gasteiger partial charge in [-0.15, -0.1) is 0 Å². The van der Waals surface area contributed by atoms with E-state index in [1.54, 1.807) is 27.0 Å². The zero-order chi connectivity index (χ0) is 12.1. The van der Waals surface area contributed by atoms with Gasteiger partial charge in [-0.3, -0.25) is 4.79 Å².